The maximum Gasteiger partial charge on any atom is 0.318 e. The average Bonchev–Trinajstić information content (AvgIpc) is 3.21. The van der Waals surface area contributed by atoms with Gasteiger partial charge in [0.05, 0.1) is 12.2 Å². The van der Waals surface area contributed by atoms with E-state index in [2.05, 4.69) is 20.5 Å². The van der Waals surface area contributed by atoms with Crippen LogP contribution in [0.5, 0.6) is 0 Å². The third kappa shape index (κ3) is 5.18. The Morgan fingerprint density at radius 2 is 1.91 bits per heavy atom. The molecule has 5 rings (SSSR count). The van der Waals surface area contributed by atoms with E-state index in [4.69, 9.17) is 9.72 Å². The number of likely N-dealkylation sites (N-methyl/N-ethyl adjacent to an activating group) is 1. The predicted molar refractivity (Wildman–Crippen MR) is 128 cm³/mol. The molecule has 4 unspecified atom stereocenters. The molecular weight excluding hydrogens is 454 g/mol. The third-order valence-corrected chi connectivity index (χ3v) is 7.79. The number of halogens is 2. The van der Waals surface area contributed by atoms with Crippen LogP contribution in [0.2, 0.25) is 0 Å². The minimum atomic E-state index is -0.809. The number of aromatic nitrogens is 2. The van der Waals surface area contributed by atoms with E-state index in [1.54, 1.807) is 4.90 Å². The van der Waals surface area contributed by atoms with Gasteiger partial charge >= 0.3 is 6.03 Å². The molecule has 4 aliphatic rings. The largest absolute Gasteiger partial charge is 0.381 e. The van der Waals surface area contributed by atoms with Crippen LogP contribution in [0.4, 0.5) is 19.5 Å². The van der Waals surface area contributed by atoms with Crippen molar-refractivity contribution in [2.75, 3.05) is 38.7 Å². The van der Waals surface area contributed by atoms with Gasteiger partial charge in [0.15, 0.2) is 11.7 Å². The Labute approximate surface area is 204 Å². The van der Waals surface area contributed by atoms with E-state index < -0.39 is 11.7 Å². The highest BCUT2D eigenvalue weighted by Gasteiger charge is 2.41. The van der Waals surface area contributed by atoms with Crippen LogP contribution in [0.3, 0.4) is 0 Å². The van der Waals surface area contributed by atoms with Crippen LogP contribution in [0, 0.1) is 11.8 Å². The highest BCUT2D eigenvalue weighted by molar-refractivity contribution is 5.75. The summed E-state index contributed by atoms with van der Waals surface area (Å²) in [5, 5.41) is 6.59. The molecule has 0 saturated carbocycles. The van der Waals surface area contributed by atoms with Gasteiger partial charge in [0, 0.05) is 56.5 Å². The number of nitrogens with one attached hydrogen (secondary N) is 2. The predicted octanol–water partition coefficient (Wildman–Crippen LogP) is 3.18. The number of ether oxygens (including phenoxy) is 1. The number of hydrogen-bond acceptors (Lipinski definition) is 6. The Hall–Kier alpha value is -2.59. The van der Waals surface area contributed by atoms with Crippen LogP contribution in [0.1, 0.15) is 37.4 Å². The summed E-state index contributed by atoms with van der Waals surface area (Å²) in [6, 6.07) is -0.0894. The summed E-state index contributed by atoms with van der Waals surface area (Å²) in [5.41, 5.74) is 1.93. The normalized spacial score (nSPS) is 29.9. The van der Waals surface area contributed by atoms with E-state index in [1.165, 1.54) is 12.2 Å². The first-order valence-electron chi connectivity index (χ1n) is 12.6. The Morgan fingerprint density at radius 1 is 1.14 bits per heavy atom. The first-order valence-corrected chi connectivity index (χ1v) is 12.6. The maximum atomic E-state index is 14.1. The fourth-order valence-electron chi connectivity index (χ4n) is 5.74. The number of urea groups is 1. The molecule has 2 fully saturated rings. The number of likely N-dealkylation sites (tertiary alicyclic amines) is 1. The summed E-state index contributed by atoms with van der Waals surface area (Å²) in [4.78, 5) is 26.4. The first kappa shape index (κ1) is 24.1. The lowest BCUT2D eigenvalue weighted by Crippen LogP contribution is -2.53. The fourth-order valence-corrected chi connectivity index (χ4v) is 5.74. The highest BCUT2D eigenvalue weighted by atomic mass is 19.2. The lowest BCUT2D eigenvalue weighted by Gasteiger charge is -2.37. The molecule has 1 aliphatic carbocycles. The zero-order valence-corrected chi connectivity index (χ0v) is 20.3. The second-order valence-electron chi connectivity index (χ2n) is 10.1. The van der Waals surface area contributed by atoms with Gasteiger partial charge in [0.25, 0.3) is 0 Å². The summed E-state index contributed by atoms with van der Waals surface area (Å²) >= 11 is 0. The van der Waals surface area contributed by atoms with Crippen molar-refractivity contribution in [2.24, 2.45) is 11.8 Å². The number of allylic oxidation sites excluding steroid dienone is 3. The van der Waals surface area contributed by atoms with Crippen LogP contribution < -0.4 is 10.6 Å². The number of anilines is 1. The van der Waals surface area contributed by atoms with E-state index in [-0.39, 0.29) is 30.0 Å². The van der Waals surface area contributed by atoms with E-state index in [0.717, 1.165) is 50.3 Å². The number of rotatable bonds is 4. The van der Waals surface area contributed by atoms with Crippen LogP contribution >= 0.6 is 0 Å². The standard InChI is InChI=1S/C25H34F2N6O2/c1-15-11-19(26)20(27)12-18(15)23-21(4-7-32(23)2)31-25(34)33-8-3-16-13-28-24(30-22(16)14-33)29-17-5-9-35-10-6-17/h11-13,15,17-18,21,23H,3-10,14H2,1-2H3,(H,31,34)(H,28,29,30). The van der Waals surface area contributed by atoms with Crippen molar-refractivity contribution < 1.29 is 18.3 Å². The smallest absolute Gasteiger partial charge is 0.318 e. The topological polar surface area (TPSA) is 82.6 Å². The van der Waals surface area contributed by atoms with Gasteiger partial charge in [-0.15, -0.1) is 0 Å². The molecule has 4 heterocycles. The Morgan fingerprint density at radius 3 is 2.71 bits per heavy atom. The SMILES string of the molecule is CC1C=C(F)C(F)=CC1C1C(NC(=O)N2CCc3cnc(NC4CCOCC4)nc3C2)CCN1C. The van der Waals surface area contributed by atoms with Gasteiger partial charge in [-0.05, 0) is 56.4 Å². The van der Waals surface area contributed by atoms with E-state index in [0.29, 0.717) is 31.5 Å². The number of amides is 2. The van der Waals surface area contributed by atoms with Crippen molar-refractivity contribution in [1.82, 2.24) is 25.1 Å². The monoisotopic (exact) mass is 488 g/mol. The molecule has 10 heteroatoms. The molecule has 0 radical (unpaired) electrons. The van der Waals surface area contributed by atoms with E-state index in [1.807, 2.05) is 20.2 Å². The number of fused-ring (bicyclic) bond motifs is 1. The molecule has 3 aliphatic heterocycles. The van der Waals surface area contributed by atoms with Crippen molar-refractivity contribution >= 4 is 12.0 Å². The van der Waals surface area contributed by atoms with Crippen molar-refractivity contribution in [3.63, 3.8) is 0 Å². The van der Waals surface area contributed by atoms with Crippen LogP contribution in [0.15, 0.2) is 30.0 Å². The molecule has 2 N–H and O–H groups in total. The minimum absolute atomic E-state index is 0.0984. The van der Waals surface area contributed by atoms with Crippen LogP contribution in [-0.2, 0) is 17.7 Å². The van der Waals surface area contributed by atoms with Gasteiger partial charge in [-0.1, -0.05) is 6.92 Å². The van der Waals surface area contributed by atoms with E-state index in [9.17, 15) is 13.6 Å². The minimum Gasteiger partial charge on any atom is -0.381 e. The molecule has 4 atom stereocenters. The Kier molecular flexibility index (Phi) is 7.02. The van der Waals surface area contributed by atoms with Gasteiger partial charge in [-0.2, -0.15) is 0 Å². The number of hydrogen-bond donors (Lipinski definition) is 2. The van der Waals surface area contributed by atoms with Crippen molar-refractivity contribution in [3.8, 4) is 0 Å². The highest BCUT2D eigenvalue weighted by Crippen LogP contribution is 2.36. The van der Waals surface area contributed by atoms with Gasteiger partial charge in [0.2, 0.25) is 5.95 Å². The second kappa shape index (κ2) is 10.2. The lowest BCUT2D eigenvalue weighted by atomic mass is 9.81. The molecule has 35 heavy (non-hydrogen) atoms. The zero-order valence-electron chi connectivity index (χ0n) is 20.3. The zero-order chi connectivity index (χ0) is 24.5. The quantitative estimate of drug-likeness (QED) is 0.678. The van der Waals surface area contributed by atoms with Gasteiger partial charge in [0.1, 0.15) is 0 Å². The van der Waals surface area contributed by atoms with Crippen molar-refractivity contribution in [1.29, 1.82) is 0 Å². The number of nitrogens with zero attached hydrogens (tertiary/aromatic N) is 4. The molecule has 190 valence electrons. The van der Waals surface area contributed by atoms with Gasteiger partial charge in [-0.3, -0.25) is 0 Å². The molecule has 2 amide bonds. The fraction of sp³-hybridized carbons (Fsp3) is 0.640. The molecular formula is C25H34F2N6O2. The van der Waals surface area contributed by atoms with Gasteiger partial charge < -0.3 is 25.2 Å². The van der Waals surface area contributed by atoms with Crippen molar-refractivity contribution in [3.05, 3.63) is 41.3 Å². The van der Waals surface area contributed by atoms with Crippen LogP contribution in [0.25, 0.3) is 0 Å². The maximum absolute atomic E-state index is 14.1. The lowest BCUT2D eigenvalue weighted by molar-refractivity contribution is 0.0903. The number of carbonyl (C=O) groups is 1. The second-order valence-corrected chi connectivity index (χ2v) is 10.1. The van der Waals surface area contributed by atoms with Crippen molar-refractivity contribution in [2.45, 2.75) is 57.3 Å². The molecule has 0 bridgehead atoms. The molecule has 0 spiro atoms. The van der Waals surface area contributed by atoms with Gasteiger partial charge in [-0.25, -0.2) is 23.5 Å². The summed E-state index contributed by atoms with van der Waals surface area (Å²) in [6.07, 6.45) is 7.90. The number of carbonyl (C=O) groups excluding carboxylic acids is 1. The first-order chi connectivity index (χ1) is 16.9. The summed E-state index contributed by atoms with van der Waals surface area (Å²) < 4.78 is 33.2. The molecule has 1 aromatic heterocycles. The Balaban J connectivity index is 1.24. The van der Waals surface area contributed by atoms with E-state index >= 15 is 0 Å². The Bertz CT molecular complexity index is 1010. The summed E-state index contributed by atoms with van der Waals surface area (Å²) in [5.74, 6) is -1.37. The average molecular weight is 489 g/mol. The summed E-state index contributed by atoms with van der Waals surface area (Å²) in [7, 11) is 1.98. The van der Waals surface area contributed by atoms with Crippen LogP contribution in [-0.4, -0.2) is 77.3 Å². The molecule has 2 saturated heterocycles. The molecule has 8 nitrogen and oxygen atoms in total. The summed E-state index contributed by atoms with van der Waals surface area (Å²) in [6.45, 7) is 5.16. The molecule has 0 aromatic carbocycles. The third-order valence-electron chi connectivity index (χ3n) is 7.79. The molecule has 1 aromatic rings.